The number of rotatable bonds is 6. The molecule has 0 aliphatic carbocycles. The maximum Gasteiger partial charge on any atom is 0.229 e. The highest BCUT2D eigenvalue weighted by Crippen LogP contribution is 2.35. The van der Waals surface area contributed by atoms with Gasteiger partial charge < -0.3 is 14.8 Å². The van der Waals surface area contributed by atoms with Crippen LogP contribution < -0.4 is 14.8 Å². The molecule has 11 heteroatoms. The summed E-state index contributed by atoms with van der Waals surface area (Å²) >= 11 is 1.46. The Hall–Kier alpha value is -3.70. The van der Waals surface area contributed by atoms with Gasteiger partial charge >= 0.3 is 0 Å². The lowest BCUT2D eigenvalue weighted by Gasteiger charge is -2.12. The summed E-state index contributed by atoms with van der Waals surface area (Å²) in [6.45, 7) is 0. The van der Waals surface area contributed by atoms with Crippen LogP contribution in [0.3, 0.4) is 0 Å². The normalized spacial score (nSPS) is 11.7. The van der Waals surface area contributed by atoms with Gasteiger partial charge in [0.15, 0.2) is 23.0 Å². The number of ether oxygens (including phenoxy) is 2. The van der Waals surface area contributed by atoms with Gasteiger partial charge in [-0.3, -0.25) is 0 Å². The van der Waals surface area contributed by atoms with Gasteiger partial charge in [-0.15, -0.1) is 16.4 Å². The van der Waals surface area contributed by atoms with Crippen molar-refractivity contribution in [1.29, 1.82) is 0 Å². The lowest BCUT2D eigenvalue weighted by molar-refractivity contribution is 0.355. The maximum atomic E-state index is 13.2. The Labute approximate surface area is 187 Å². The number of benzene rings is 2. The van der Waals surface area contributed by atoms with Gasteiger partial charge in [0, 0.05) is 11.8 Å². The second-order valence-electron chi connectivity index (χ2n) is 6.74. The van der Waals surface area contributed by atoms with Crippen molar-refractivity contribution in [3.63, 3.8) is 0 Å². The first kappa shape index (κ1) is 20.2. The number of thiophene rings is 1. The molecule has 9 nitrogen and oxygen atoms in total. The first-order chi connectivity index (χ1) is 15.5. The standard InChI is InChI=1S/C21H17N5O4S2/c1-29-16-9-8-13(12-17(16)30-2)22-19-18-15(10-11-31-18)26-20(23-19)21(24-25-26)32(27,28)14-6-4-3-5-7-14/h3-12H,1-2H3,(H,22,23). The lowest BCUT2D eigenvalue weighted by atomic mass is 10.2. The van der Waals surface area contributed by atoms with E-state index in [9.17, 15) is 8.42 Å². The summed E-state index contributed by atoms with van der Waals surface area (Å²) in [7, 11) is -0.777. The molecule has 0 bridgehead atoms. The van der Waals surface area contributed by atoms with Crippen molar-refractivity contribution in [2.75, 3.05) is 19.5 Å². The molecule has 32 heavy (non-hydrogen) atoms. The largest absolute Gasteiger partial charge is 0.493 e. The molecule has 0 fully saturated rings. The zero-order chi connectivity index (χ0) is 22.3. The van der Waals surface area contributed by atoms with Crippen molar-refractivity contribution in [2.24, 2.45) is 0 Å². The predicted molar refractivity (Wildman–Crippen MR) is 121 cm³/mol. The fourth-order valence-electron chi connectivity index (χ4n) is 3.34. The zero-order valence-electron chi connectivity index (χ0n) is 17.0. The quantitative estimate of drug-likeness (QED) is 0.400. The van der Waals surface area contributed by atoms with Crippen molar-refractivity contribution in [3.8, 4) is 11.5 Å². The van der Waals surface area contributed by atoms with Gasteiger partial charge in [-0.1, -0.05) is 23.4 Å². The molecule has 2 aromatic carbocycles. The molecule has 0 saturated carbocycles. The minimum absolute atomic E-state index is 0.129. The van der Waals surface area contributed by atoms with Crippen molar-refractivity contribution in [2.45, 2.75) is 9.92 Å². The number of hydrogen-bond donors (Lipinski definition) is 1. The number of hydrogen-bond acceptors (Lipinski definition) is 9. The van der Waals surface area contributed by atoms with Crippen LogP contribution in [0.2, 0.25) is 0 Å². The van der Waals surface area contributed by atoms with Gasteiger partial charge in [0.1, 0.15) is 0 Å². The van der Waals surface area contributed by atoms with E-state index in [0.717, 1.165) is 4.70 Å². The highest BCUT2D eigenvalue weighted by atomic mass is 32.2. The number of aromatic nitrogens is 4. The van der Waals surface area contributed by atoms with Gasteiger partial charge in [-0.25, -0.2) is 13.4 Å². The smallest absolute Gasteiger partial charge is 0.229 e. The Morgan fingerprint density at radius 1 is 1.00 bits per heavy atom. The molecular formula is C21H17N5O4S2. The van der Waals surface area contributed by atoms with E-state index in [1.165, 1.54) is 28.0 Å². The third-order valence-electron chi connectivity index (χ3n) is 4.88. The molecule has 5 aromatic rings. The number of fused-ring (bicyclic) bond motifs is 3. The van der Waals surface area contributed by atoms with Crippen LogP contribution in [0.15, 0.2) is 69.9 Å². The summed E-state index contributed by atoms with van der Waals surface area (Å²) < 4.78 is 39.3. The third-order valence-corrected chi connectivity index (χ3v) is 7.45. The summed E-state index contributed by atoms with van der Waals surface area (Å²) in [5.74, 6) is 1.64. The van der Waals surface area contributed by atoms with E-state index in [4.69, 9.17) is 9.47 Å². The number of nitrogens with zero attached hydrogens (tertiary/aromatic N) is 4. The third kappa shape index (κ3) is 3.22. The summed E-state index contributed by atoms with van der Waals surface area (Å²) in [6.07, 6.45) is 0. The van der Waals surface area contributed by atoms with Crippen LogP contribution in [0.4, 0.5) is 11.5 Å². The van der Waals surface area contributed by atoms with Gasteiger partial charge in [-0.05, 0) is 35.7 Å². The van der Waals surface area contributed by atoms with Crippen LogP contribution in [-0.2, 0) is 9.84 Å². The van der Waals surface area contributed by atoms with Crippen LogP contribution in [0.25, 0.3) is 15.9 Å². The summed E-state index contributed by atoms with van der Waals surface area (Å²) in [5, 5.41) is 13.0. The molecule has 5 rings (SSSR count). The number of sulfone groups is 1. The van der Waals surface area contributed by atoms with Gasteiger partial charge in [0.05, 0.1) is 29.3 Å². The van der Waals surface area contributed by atoms with Gasteiger partial charge in [0.25, 0.3) is 0 Å². The van der Waals surface area contributed by atoms with Gasteiger partial charge in [-0.2, -0.15) is 4.52 Å². The topological polar surface area (TPSA) is 108 Å². The minimum Gasteiger partial charge on any atom is -0.493 e. The van der Waals surface area contributed by atoms with E-state index in [2.05, 4.69) is 20.6 Å². The fourth-order valence-corrected chi connectivity index (χ4v) is 5.42. The lowest BCUT2D eigenvalue weighted by Crippen LogP contribution is -2.05. The molecule has 0 atom stereocenters. The average Bonchev–Trinajstić information content (AvgIpc) is 3.47. The van der Waals surface area contributed by atoms with Crippen LogP contribution in [0, 0.1) is 0 Å². The molecule has 0 spiro atoms. The molecular weight excluding hydrogens is 450 g/mol. The molecule has 3 aromatic heterocycles. The van der Waals surface area contributed by atoms with Crippen LogP contribution in [0.5, 0.6) is 11.5 Å². The van der Waals surface area contributed by atoms with E-state index in [1.54, 1.807) is 44.6 Å². The number of methoxy groups -OCH3 is 2. The second-order valence-corrected chi connectivity index (χ2v) is 9.52. The highest BCUT2D eigenvalue weighted by Gasteiger charge is 2.27. The van der Waals surface area contributed by atoms with E-state index < -0.39 is 9.84 Å². The summed E-state index contributed by atoms with van der Waals surface area (Å²) in [6, 6.07) is 15.3. The Kier molecular flexibility index (Phi) is 4.91. The van der Waals surface area contributed by atoms with Crippen molar-refractivity contribution >= 4 is 48.5 Å². The number of nitrogens with one attached hydrogen (secondary N) is 1. The predicted octanol–water partition coefficient (Wildman–Crippen LogP) is 3.93. The zero-order valence-corrected chi connectivity index (χ0v) is 18.6. The second kappa shape index (κ2) is 7.77. The maximum absolute atomic E-state index is 13.2. The number of anilines is 2. The molecule has 0 unspecified atom stereocenters. The Morgan fingerprint density at radius 2 is 1.78 bits per heavy atom. The van der Waals surface area contributed by atoms with Crippen LogP contribution in [0.1, 0.15) is 0 Å². The molecule has 1 N–H and O–H groups in total. The van der Waals surface area contributed by atoms with Crippen LogP contribution >= 0.6 is 11.3 Å². The fraction of sp³-hybridized carbons (Fsp3) is 0.0952. The first-order valence-electron chi connectivity index (χ1n) is 9.44. The van der Waals surface area contributed by atoms with Crippen molar-refractivity contribution in [1.82, 2.24) is 19.8 Å². The van der Waals surface area contributed by atoms with Crippen molar-refractivity contribution < 1.29 is 17.9 Å². The molecule has 0 aliphatic rings. The van der Waals surface area contributed by atoms with E-state index >= 15 is 0 Å². The molecule has 3 heterocycles. The van der Waals surface area contributed by atoms with E-state index in [1.807, 2.05) is 17.5 Å². The molecule has 0 aliphatic heterocycles. The van der Waals surface area contributed by atoms with Crippen LogP contribution in [-0.4, -0.2) is 42.4 Å². The molecule has 162 valence electrons. The van der Waals surface area contributed by atoms with Gasteiger partial charge in [0.2, 0.25) is 14.9 Å². The average molecular weight is 468 g/mol. The van der Waals surface area contributed by atoms with E-state index in [-0.39, 0.29) is 15.6 Å². The summed E-state index contributed by atoms with van der Waals surface area (Å²) in [4.78, 5) is 4.74. The van der Waals surface area contributed by atoms with E-state index in [0.29, 0.717) is 28.5 Å². The minimum atomic E-state index is -3.90. The Bertz CT molecular complexity index is 1550. The SMILES string of the molecule is COc1ccc(Nc2nc3c(S(=O)(=O)c4ccccc4)nnn3c3ccsc23)cc1OC. The highest BCUT2D eigenvalue weighted by molar-refractivity contribution is 7.91. The first-order valence-corrected chi connectivity index (χ1v) is 11.8. The molecule has 0 saturated heterocycles. The Balaban J connectivity index is 1.67. The monoisotopic (exact) mass is 467 g/mol. The summed E-state index contributed by atoms with van der Waals surface area (Å²) in [5.41, 5.74) is 1.54. The van der Waals surface area contributed by atoms with Crippen molar-refractivity contribution in [3.05, 3.63) is 60.0 Å². The molecule has 0 radical (unpaired) electrons. The molecule has 0 amide bonds. The Morgan fingerprint density at radius 3 is 2.53 bits per heavy atom.